The fraction of sp³-hybridized carbons (Fsp3) is 0.286. The molecule has 7 heteroatoms. The third kappa shape index (κ3) is 2.59. The summed E-state index contributed by atoms with van der Waals surface area (Å²) in [7, 11) is 1.58. The highest BCUT2D eigenvalue weighted by atomic mass is 35.5. The van der Waals surface area contributed by atoms with E-state index >= 15 is 0 Å². The first-order chi connectivity index (χ1) is 13.4. The van der Waals surface area contributed by atoms with Gasteiger partial charge in [-0.05, 0) is 36.8 Å². The topological polar surface area (TPSA) is 69.7 Å². The molecule has 1 N–H and O–H groups in total. The Hall–Kier alpha value is -2.86. The molecule has 0 spiro atoms. The van der Waals surface area contributed by atoms with Crippen molar-refractivity contribution in [2.45, 2.75) is 31.5 Å². The largest absolute Gasteiger partial charge is 0.346 e. The van der Waals surface area contributed by atoms with Crippen molar-refractivity contribution in [2.75, 3.05) is 11.9 Å². The first-order valence-corrected chi connectivity index (χ1v) is 9.51. The predicted octanol–water partition coefficient (Wildman–Crippen LogP) is 3.13. The molecular formula is C21H20ClN3O3. The molecule has 1 saturated heterocycles. The summed E-state index contributed by atoms with van der Waals surface area (Å²) in [5, 5.41) is 3.55. The Morgan fingerprint density at radius 1 is 1.18 bits per heavy atom. The van der Waals surface area contributed by atoms with Gasteiger partial charge in [0.2, 0.25) is 11.6 Å². The molecule has 0 saturated carbocycles. The van der Waals surface area contributed by atoms with Gasteiger partial charge in [0.1, 0.15) is 0 Å². The molecule has 0 unspecified atom stereocenters. The molecular weight excluding hydrogens is 378 g/mol. The normalized spacial score (nSPS) is 22.0. The van der Waals surface area contributed by atoms with Gasteiger partial charge in [-0.1, -0.05) is 35.9 Å². The molecule has 2 aromatic carbocycles. The van der Waals surface area contributed by atoms with Crippen molar-refractivity contribution in [1.29, 1.82) is 0 Å². The van der Waals surface area contributed by atoms with E-state index in [1.807, 2.05) is 19.1 Å². The number of amides is 3. The molecule has 0 radical (unpaired) electrons. The number of halogens is 1. The third-order valence-electron chi connectivity index (χ3n) is 5.60. The molecule has 0 bridgehead atoms. The van der Waals surface area contributed by atoms with E-state index in [1.165, 1.54) is 9.80 Å². The van der Waals surface area contributed by atoms with Crippen LogP contribution in [0.4, 0.5) is 5.69 Å². The number of para-hydroxylation sites is 1. The van der Waals surface area contributed by atoms with Crippen molar-refractivity contribution in [3.63, 3.8) is 0 Å². The van der Waals surface area contributed by atoms with Gasteiger partial charge in [0.05, 0.1) is 17.3 Å². The van der Waals surface area contributed by atoms with E-state index in [0.29, 0.717) is 16.3 Å². The van der Waals surface area contributed by atoms with E-state index in [4.69, 9.17) is 11.6 Å². The molecule has 0 aliphatic carbocycles. The van der Waals surface area contributed by atoms with Crippen LogP contribution in [-0.4, -0.2) is 35.3 Å². The van der Waals surface area contributed by atoms with Gasteiger partial charge in [0.25, 0.3) is 11.8 Å². The zero-order chi connectivity index (χ0) is 20.1. The lowest BCUT2D eigenvalue weighted by atomic mass is 9.95. The average molecular weight is 398 g/mol. The summed E-state index contributed by atoms with van der Waals surface area (Å²) in [6.07, 6.45) is 0.446. The Labute approximate surface area is 168 Å². The van der Waals surface area contributed by atoms with Crippen LogP contribution in [0.3, 0.4) is 0 Å². The van der Waals surface area contributed by atoms with Crippen LogP contribution in [0.2, 0.25) is 5.02 Å². The van der Waals surface area contributed by atoms with Crippen molar-refractivity contribution in [2.24, 2.45) is 0 Å². The maximum Gasteiger partial charge on any atom is 0.267 e. The smallest absolute Gasteiger partial charge is 0.267 e. The molecule has 2 aliphatic rings. The maximum atomic E-state index is 13.4. The Morgan fingerprint density at radius 2 is 1.93 bits per heavy atom. The molecule has 2 aliphatic heterocycles. The quantitative estimate of drug-likeness (QED) is 0.865. The van der Waals surface area contributed by atoms with E-state index in [1.54, 1.807) is 43.4 Å². The number of carbonyl (C=O) groups is 3. The lowest BCUT2D eigenvalue weighted by molar-refractivity contribution is -0.133. The van der Waals surface area contributed by atoms with Crippen molar-refractivity contribution < 1.29 is 14.4 Å². The lowest BCUT2D eigenvalue weighted by Gasteiger charge is -2.47. The number of likely N-dealkylation sites (N-methyl/N-ethyl adjacent to an activating group) is 1. The number of anilines is 1. The molecule has 0 aromatic heterocycles. The van der Waals surface area contributed by atoms with Crippen LogP contribution in [0, 0.1) is 0 Å². The summed E-state index contributed by atoms with van der Waals surface area (Å²) < 4.78 is 0. The molecule has 1 fully saturated rings. The SMILES string of the molecule is C[C@@H](NC(=O)[C@@]12CCC(=O)N1c1ccccc1C(=O)N2C)c1cccc(Cl)c1. The molecule has 2 atom stereocenters. The van der Waals surface area contributed by atoms with E-state index in [-0.39, 0.29) is 36.6 Å². The average Bonchev–Trinajstić information content (AvgIpc) is 3.05. The molecule has 28 heavy (non-hydrogen) atoms. The number of hydrogen-bond acceptors (Lipinski definition) is 3. The first-order valence-electron chi connectivity index (χ1n) is 9.13. The highest BCUT2D eigenvalue weighted by Crippen LogP contribution is 2.44. The van der Waals surface area contributed by atoms with Gasteiger partial charge in [-0.2, -0.15) is 0 Å². The second-order valence-electron chi connectivity index (χ2n) is 7.18. The molecule has 2 aromatic rings. The van der Waals surface area contributed by atoms with Crippen LogP contribution in [0.5, 0.6) is 0 Å². The van der Waals surface area contributed by atoms with Gasteiger partial charge in [-0.25, -0.2) is 0 Å². The van der Waals surface area contributed by atoms with Gasteiger partial charge in [-0.3, -0.25) is 19.3 Å². The van der Waals surface area contributed by atoms with Crippen molar-refractivity contribution in [3.05, 3.63) is 64.7 Å². The van der Waals surface area contributed by atoms with Crippen molar-refractivity contribution in [1.82, 2.24) is 10.2 Å². The van der Waals surface area contributed by atoms with Crippen LogP contribution in [0.1, 0.15) is 41.7 Å². The Bertz CT molecular complexity index is 992. The summed E-state index contributed by atoms with van der Waals surface area (Å²) in [6, 6.07) is 13.8. The maximum absolute atomic E-state index is 13.4. The summed E-state index contributed by atoms with van der Waals surface area (Å²) in [5.74, 6) is -0.819. The fourth-order valence-corrected chi connectivity index (χ4v) is 4.30. The molecule has 6 nitrogen and oxygen atoms in total. The second kappa shape index (κ2) is 6.63. The fourth-order valence-electron chi connectivity index (χ4n) is 4.10. The van der Waals surface area contributed by atoms with Gasteiger partial charge < -0.3 is 10.2 Å². The lowest BCUT2D eigenvalue weighted by Crippen LogP contribution is -2.69. The Kier molecular flexibility index (Phi) is 4.38. The molecule has 2 heterocycles. The molecule has 4 rings (SSSR count). The van der Waals surface area contributed by atoms with E-state index < -0.39 is 5.66 Å². The standard InChI is InChI=1S/C21H20ClN3O3/c1-13(14-6-5-7-15(22)12-14)23-20(28)21-11-10-18(26)25(21)17-9-4-3-8-16(17)19(27)24(21)2/h3-9,12-13H,10-11H2,1-2H3,(H,23,28)/t13-,21-/m1/s1. The first kappa shape index (κ1) is 18.5. The van der Waals surface area contributed by atoms with Gasteiger partial charge >= 0.3 is 0 Å². The third-order valence-corrected chi connectivity index (χ3v) is 5.84. The van der Waals surface area contributed by atoms with Gasteiger partial charge in [0, 0.05) is 24.9 Å². The van der Waals surface area contributed by atoms with Crippen LogP contribution < -0.4 is 10.2 Å². The summed E-state index contributed by atoms with van der Waals surface area (Å²) in [5.41, 5.74) is 0.388. The highest BCUT2D eigenvalue weighted by molar-refractivity contribution is 6.30. The molecule has 144 valence electrons. The van der Waals surface area contributed by atoms with Crippen LogP contribution in [0.25, 0.3) is 0 Å². The Morgan fingerprint density at radius 3 is 2.68 bits per heavy atom. The summed E-state index contributed by atoms with van der Waals surface area (Å²) in [4.78, 5) is 42.0. The number of rotatable bonds is 3. The number of fused-ring (bicyclic) bond motifs is 3. The molecule has 3 amide bonds. The van der Waals surface area contributed by atoms with E-state index in [9.17, 15) is 14.4 Å². The van der Waals surface area contributed by atoms with Gasteiger partial charge in [-0.15, -0.1) is 0 Å². The summed E-state index contributed by atoms with van der Waals surface area (Å²) >= 11 is 6.06. The number of nitrogens with one attached hydrogen (secondary N) is 1. The second-order valence-corrected chi connectivity index (χ2v) is 7.61. The number of nitrogens with zero attached hydrogens (tertiary/aromatic N) is 2. The number of hydrogen-bond donors (Lipinski definition) is 1. The van der Waals surface area contributed by atoms with Crippen molar-refractivity contribution in [3.8, 4) is 0 Å². The zero-order valence-electron chi connectivity index (χ0n) is 15.6. The zero-order valence-corrected chi connectivity index (χ0v) is 16.4. The number of benzene rings is 2. The van der Waals surface area contributed by atoms with Crippen molar-refractivity contribution >= 4 is 35.0 Å². The van der Waals surface area contributed by atoms with Crippen LogP contribution >= 0.6 is 11.6 Å². The van der Waals surface area contributed by atoms with E-state index in [2.05, 4.69) is 5.32 Å². The summed E-state index contributed by atoms with van der Waals surface area (Å²) in [6.45, 7) is 1.85. The Balaban J connectivity index is 1.73. The van der Waals surface area contributed by atoms with Gasteiger partial charge in [0.15, 0.2) is 0 Å². The minimum absolute atomic E-state index is 0.169. The van der Waals surface area contributed by atoms with Crippen LogP contribution in [-0.2, 0) is 9.59 Å². The monoisotopic (exact) mass is 397 g/mol. The highest BCUT2D eigenvalue weighted by Gasteiger charge is 2.59. The number of carbonyl (C=O) groups excluding carboxylic acids is 3. The minimum Gasteiger partial charge on any atom is -0.346 e. The minimum atomic E-state index is -1.37. The van der Waals surface area contributed by atoms with Crippen LogP contribution in [0.15, 0.2) is 48.5 Å². The predicted molar refractivity (Wildman–Crippen MR) is 106 cm³/mol. The van der Waals surface area contributed by atoms with E-state index in [0.717, 1.165) is 5.56 Å².